The van der Waals surface area contributed by atoms with Crippen LogP contribution in [-0.2, 0) is 31.9 Å². The Morgan fingerprint density at radius 2 is 1.15 bits per heavy atom. The summed E-state index contributed by atoms with van der Waals surface area (Å²) in [6.45, 7) is 0.998. The first kappa shape index (κ1) is 47.3. The zero-order chi connectivity index (χ0) is 50.2. The van der Waals surface area contributed by atoms with Gasteiger partial charge in [-0.15, -0.1) is 0 Å². The number of carbonyl (C=O) groups excluding carboxylic acids is 4. The number of ether oxygens (including phenoxy) is 2. The van der Waals surface area contributed by atoms with Gasteiger partial charge in [-0.2, -0.15) is 0 Å². The van der Waals surface area contributed by atoms with Crippen LogP contribution in [0.1, 0.15) is 109 Å². The molecular weight excluding hydrogens is 921 g/mol. The predicted octanol–water partition coefficient (Wildman–Crippen LogP) is 9.83. The van der Waals surface area contributed by atoms with E-state index >= 15 is 0 Å². The summed E-state index contributed by atoms with van der Waals surface area (Å²) in [6.07, 6.45) is 10.1. The molecule has 4 atom stereocenters. The van der Waals surface area contributed by atoms with Crippen molar-refractivity contribution >= 4 is 34.9 Å². The number of amides is 4. The first-order valence-electron chi connectivity index (χ1n) is 25.3. The van der Waals surface area contributed by atoms with Gasteiger partial charge in [0, 0.05) is 13.1 Å². The van der Waals surface area contributed by atoms with E-state index in [1.807, 2.05) is 66.9 Å². The number of hydrogen-bond donors (Lipinski definition) is 4. The fourth-order valence-corrected chi connectivity index (χ4v) is 12.1. The van der Waals surface area contributed by atoms with Gasteiger partial charge in [-0.05, 0) is 119 Å². The minimum Gasteiger partial charge on any atom is -0.453 e. The van der Waals surface area contributed by atoms with Gasteiger partial charge in [0.1, 0.15) is 23.7 Å². The number of carbonyl (C=O) groups is 4. The molecule has 2 aliphatic carbocycles. The van der Waals surface area contributed by atoms with E-state index in [0.29, 0.717) is 53.2 Å². The number of likely N-dealkylation sites (tertiary alicyclic amines) is 2. The molecule has 2 aliphatic heterocycles. The normalized spacial score (nSPS) is 18.7. The molecular formula is C58H58N8O7. The van der Waals surface area contributed by atoms with Crippen molar-refractivity contribution < 1.29 is 28.7 Å². The van der Waals surface area contributed by atoms with Crippen LogP contribution in [-0.4, -0.2) is 81.0 Å². The molecule has 1 saturated carbocycles. The third-order valence-electron chi connectivity index (χ3n) is 15.7. The number of fused-ring (bicyclic) bond motifs is 2. The SMILES string of the molecule is COC(=O)N[C@H](C(=O)N1CCC[C@H]1c1ncc(-c2ccc(-c3ccc(-c4ccc5nc([C@@H]6CCCN6C(=O)[C@@H](NC(=O)OC)c6ccccc6)[nH]c(=O)c5c4)c4c3CC3(CCCC3)C4)cc2)[nH]1)c1ccccc1. The molecule has 2 saturated heterocycles. The van der Waals surface area contributed by atoms with Crippen molar-refractivity contribution in [3.8, 4) is 33.5 Å². The minimum absolute atomic E-state index is 0.215. The monoisotopic (exact) mass is 978 g/mol. The Balaban J connectivity index is 0.848. The van der Waals surface area contributed by atoms with Gasteiger partial charge >= 0.3 is 12.2 Å². The number of alkyl carbamates (subject to hydrolysis) is 2. The van der Waals surface area contributed by atoms with Crippen LogP contribution < -0.4 is 16.2 Å². The van der Waals surface area contributed by atoms with Crippen LogP contribution in [0.3, 0.4) is 0 Å². The second-order valence-electron chi connectivity index (χ2n) is 20.0. The van der Waals surface area contributed by atoms with E-state index in [0.717, 1.165) is 60.1 Å². The summed E-state index contributed by atoms with van der Waals surface area (Å²) < 4.78 is 9.74. The lowest BCUT2D eigenvalue weighted by molar-refractivity contribution is -0.135. The first-order valence-corrected chi connectivity index (χ1v) is 25.3. The van der Waals surface area contributed by atoms with E-state index < -0.39 is 30.3 Å². The number of rotatable bonds is 11. The van der Waals surface area contributed by atoms with E-state index in [9.17, 15) is 24.0 Å². The summed E-state index contributed by atoms with van der Waals surface area (Å²) in [5.41, 5.74) is 10.8. The Morgan fingerprint density at radius 1 is 0.630 bits per heavy atom. The van der Waals surface area contributed by atoms with Gasteiger partial charge in [-0.3, -0.25) is 14.4 Å². The van der Waals surface area contributed by atoms with Crippen LogP contribution in [0.15, 0.2) is 126 Å². The Morgan fingerprint density at radius 3 is 1.71 bits per heavy atom. The lowest BCUT2D eigenvalue weighted by Crippen LogP contribution is -2.43. The van der Waals surface area contributed by atoms with Crippen LogP contribution in [0.5, 0.6) is 0 Å². The molecule has 0 radical (unpaired) electrons. The highest BCUT2D eigenvalue weighted by atomic mass is 16.5. The maximum absolute atomic E-state index is 14.2. The summed E-state index contributed by atoms with van der Waals surface area (Å²) in [5, 5.41) is 5.92. The number of methoxy groups -OCH3 is 2. The molecule has 1 spiro atoms. The van der Waals surface area contributed by atoms with Crippen molar-refractivity contribution in [1.82, 2.24) is 40.4 Å². The molecule has 0 bridgehead atoms. The van der Waals surface area contributed by atoms with Gasteiger partial charge in [0.2, 0.25) is 0 Å². The average molecular weight is 979 g/mol. The van der Waals surface area contributed by atoms with Crippen LogP contribution >= 0.6 is 0 Å². The van der Waals surface area contributed by atoms with Crippen molar-refractivity contribution in [1.29, 1.82) is 0 Å². The van der Waals surface area contributed by atoms with Crippen molar-refractivity contribution in [2.75, 3.05) is 27.3 Å². The van der Waals surface area contributed by atoms with Crippen LogP contribution in [0, 0.1) is 5.41 Å². The highest BCUT2D eigenvalue weighted by Gasteiger charge is 2.42. The lowest BCUT2D eigenvalue weighted by Gasteiger charge is -2.29. The number of H-pyrrole nitrogens is 2. The Hall–Kier alpha value is -8.07. The fourth-order valence-electron chi connectivity index (χ4n) is 12.1. The highest BCUT2D eigenvalue weighted by molar-refractivity contribution is 5.89. The third kappa shape index (κ3) is 9.12. The van der Waals surface area contributed by atoms with Crippen LogP contribution in [0.25, 0.3) is 44.4 Å². The Bertz CT molecular complexity index is 3280. The largest absolute Gasteiger partial charge is 0.453 e. The molecule has 4 aliphatic rings. The van der Waals surface area contributed by atoms with Crippen molar-refractivity contribution in [3.05, 3.63) is 166 Å². The summed E-state index contributed by atoms with van der Waals surface area (Å²) >= 11 is 0. The van der Waals surface area contributed by atoms with Gasteiger partial charge in [0.05, 0.1) is 49.1 Å². The van der Waals surface area contributed by atoms with Gasteiger partial charge < -0.3 is 39.9 Å². The Labute approximate surface area is 422 Å². The summed E-state index contributed by atoms with van der Waals surface area (Å²) in [7, 11) is 2.55. The zero-order valence-electron chi connectivity index (χ0n) is 41.0. The summed E-state index contributed by atoms with van der Waals surface area (Å²) in [6, 6.07) is 34.6. The van der Waals surface area contributed by atoms with Gasteiger partial charge in [-0.25, -0.2) is 19.6 Å². The molecule has 5 aromatic carbocycles. The summed E-state index contributed by atoms with van der Waals surface area (Å²) in [5.74, 6) is 0.608. The molecule has 7 aromatic rings. The van der Waals surface area contributed by atoms with Crippen LogP contribution in [0.2, 0.25) is 0 Å². The van der Waals surface area contributed by atoms with Crippen molar-refractivity contribution in [2.45, 2.75) is 88.4 Å². The number of nitrogens with one attached hydrogen (secondary N) is 4. The molecule has 4 heterocycles. The standard InChI is InChI=1S/C58H58N8O7/c1-72-56(70)62-49(37-13-5-3-6-14-37)54(68)65-29-11-17-47(65)51-59-34-46(61-51)36-21-19-35(20-22-36)40-24-25-41(44-33-58(32-43(40)44)27-9-10-28-58)39-23-26-45-42(31-39)53(67)64-52(60-45)48-18-12-30-66(48)55(69)50(63-57(71)73-2)38-15-7-4-8-16-38/h3-8,13-16,19-26,31,34,47-50H,9-12,17-18,27-30,32-33H2,1-2H3,(H,59,61)(H,62,70)(H,63,71)(H,60,64,67)/t47-,48-,49-,50-/m0/s1. The quantitative estimate of drug-likeness (QED) is 0.0977. The molecule has 15 heteroatoms. The number of aromatic nitrogens is 4. The van der Waals surface area contributed by atoms with E-state index in [1.54, 1.807) is 21.9 Å². The first-order chi connectivity index (χ1) is 35.6. The molecule has 11 rings (SSSR count). The number of imidazole rings is 1. The molecule has 2 aromatic heterocycles. The number of benzene rings is 5. The fraction of sp³-hybridized carbons (Fsp3) is 0.328. The zero-order valence-corrected chi connectivity index (χ0v) is 41.0. The van der Waals surface area contributed by atoms with Gasteiger partial charge in [0.15, 0.2) is 0 Å². The number of aromatic amines is 2. The number of nitrogens with zero attached hydrogens (tertiary/aromatic N) is 4. The highest BCUT2D eigenvalue weighted by Crippen LogP contribution is 2.53. The Kier molecular flexibility index (Phi) is 12.9. The van der Waals surface area contributed by atoms with E-state index in [2.05, 4.69) is 63.1 Å². The van der Waals surface area contributed by atoms with Crippen molar-refractivity contribution in [2.24, 2.45) is 5.41 Å². The minimum atomic E-state index is -0.967. The second kappa shape index (κ2) is 19.9. The van der Waals surface area contributed by atoms with Crippen molar-refractivity contribution in [3.63, 3.8) is 0 Å². The molecule has 372 valence electrons. The molecule has 3 fully saturated rings. The van der Waals surface area contributed by atoms with E-state index in [-0.39, 0.29) is 28.8 Å². The molecule has 0 unspecified atom stereocenters. The number of hydrogen-bond acceptors (Lipinski definition) is 9. The van der Waals surface area contributed by atoms with E-state index in [1.165, 1.54) is 56.6 Å². The molecule has 15 nitrogen and oxygen atoms in total. The smallest absolute Gasteiger partial charge is 0.407 e. The molecule has 4 N–H and O–H groups in total. The topological polar surface area (TPSA) is 192 Å². The third-order valence-corrected chi connectivity index (χ3v) is 15.7. The molecule has 4 amide bonds. The second-order valence-corrected chi connectivity index (χ2v) is 20.0. The van der Waals surface area contributed by atoms with E-state index in [4.69, 9.17) is 19.4 Å². The summed E-state index contributed by atoms with van der Waals surface area (Å²) in [4.78, 5) is 86.9. The van der Waals surface area contributed by atoms with Crippen LogP contribution in [0.4, 0.5) is 9.59 Å². The lowest BCUT2D eigenvalue weighted by atomic mass is 9.82. The average Bonchev–Trinajstić information content (AvgIpc) is 4.31. The van der Waals surface area contributed by atoms with Gasteiger partial charge in [-0.1, -0.05) is 116 Å². The predicted molar refractivity (Wildman–Crippen MR) is 276 cm³/mol. The maximum atomic E-state index is 14.2. The molecule has 73 heavy (non-hydrogen) atoms. The maximum Gasteiger partial charge on any atom is 0.407 e. The van der Waals surface area contributed by atoms with Gasteiger partial charge in [0.25, 0.3) is 17.4 Å².